The Morgan fingerprint density at radius 3 is 0.800 bits per heavy atom. The van der Waals surface area contributed by atoms with Crippen LogP contribution in [0.15, 0.2) is 0 Å². The van der Waals surface area contributed by atoms with Crippen LogP contribution in [-0.4, -0.2) is 29.8 Å². The zero-order valence-corrected chi connectivity index (χ0v) is 7.26. The Hall–Kier alpha value is 2.43. The summed E-state index contributed by atoms with van der Waals surface area (Å²) in [5, 5.41) is 0. The second kappa shape index (κ2) is 32.1. The zero-order chi connectivity index (χ0) is 0. The molecule has 0 heterocycles. The third-order valence-electron chi connectivity index (χ3n) is 0. The second-order valence-corrected chi connectivity index (χ2v) is 0. The van der Waals surface area contributed by atoms with Crippen molar-refractivity contribution >= 4 is 18.9 Å². The van der Waals surface area contributed by atoms with Gasteiger partial charge in [-0.2, -0.15) is 0 Å². The van der Waals surface area contributed by atoms with Gasteiger partial charge < -0.3 is 11.0 Å². The Balaban J connectivity index is 0. The summed E-state index contributed by atoms with van der Waals surface area (Å²) in [6.45, 7) is 0. The van der Waals surface area contributed by atoms with E-state index in [0.717, 1.165) is 0 Å². The first-order valence-electron chi connectivity index (χ1n) is 0. The summed E-state index contributed by atoms with van der Waals surface area (Å²) in [6, 6.07) is 0. The fourth-order valence-corrected chi connectivity index (χ4v) is 0. The fourth-order valence-electron chi connectivity index (χ4n) is 0. The van der Waals surface area contributed by atoms with Crippen molar-refractivity contribution < 1.29 is 68.3 Å². The predicted octanol–water partition coefficient (Wildman–Crippen LogP) is -2.30. The second-order valence-electron chi connectivity index (χ2n) is 0. The van der Waals surface area contributed by atoms with E-state index in [9.17, 15) is 0 Å². The quantitative estimate of drug-likeness (QED) is 0.421. The summed E-state index contributed by atoms with van der Waals surface area (Å²) in [5.41, 5.74) is 0. The van der Waals surface area contributed by atoms with Crippen molar-refractivity contribution in [1.82, 2.24) is 0 Å². The molecule has 5 heavy (non-hydrogen) atoms. The molecule has 0 aromatic carbocycles. The van der Waals surface area contributed by atoms with Crippen LogP contribution >= 0.6 is 0 Å². The molecule has 1 radical (unpaired) electrons. The van der Waals surface area contributed by atoms with Crippen molar-refractivity contribution in [2.45, 2.75) is 0 Å². The molecule has 0 aliphatic rings. The third kappa shape index (κ3) is 21.4. The van der Waals surface area contributed by atoms with Crippen LogP contribution in [0.1, 0.15) is 0 Å². The number of rotatable bonds is 0. The molecule has 25 valence electrons. The number of hydrogen-bond donors (Lipinski definition) is 0. The molecule has 0 unspecified atom stereocenters. The van der Waals surface area contributed by atoms with Crippen molar-refractivity contribution in [3.05, 3.63) is 0 Å². The molecule has 0 aliphatic carbocycles. The smallest absolute Gasteiger partial charge is 0 e. The van der Waals surface area contributed by atoms with Gasteiger partial charge in [0.1, 0.15) is 0 Å². The monoisotopic (exact) mass is 231 g/mol. The minimum absolute atomic E-state index is 0. The van der Waals surface area contributed by atoms with E-state index in [1.807, 2.05) is 0 Å². The molecule has 0 saturated carbocycles. The van der Waals surface area contributed by atoms with Crippen LogP contribution in [-0.2, 0) is 21.7 Å². The molecule has 2 nitrogen and oxygen atoms in total. The van der Waals surface area contributed by atoms with E-state index >= 15 is 0 Å². The van der Waals surface area contributed by atoms with Crippen LogP contribution in [0.3, 0.4) is 0 Å². The molecular formula is H5LaLiO2Ti. The molecule has 5 heteroatoms. The summed E-state index contributed by atoms with van der Waals surface area (Å²) in [7, 11) is 0. The average molecular weight is 231 g/mol. The third-order valence-corrected chi connectivity index (χ3v) is 0. The molecule has 0 aliphatic heterocycles. The maximum atomic E-state index is 0. The van der Waals surface area contributed by atoms with Crippen LogP contribution in [0.25, 0.3) is 0 Å². The van der Waals surface area contributed by atoms with Crippen molar-refractivity contribution in [2.75, 3.05) is 0 Å². The number of hydrogen-bond acceptors (Lipinski definition) is 0. The average Bonchev–Trinajstić information content (AvgIpc) is 0. The van der Waals surface area contributed by atoms with E-state index in [-0.39, 0.29) is 87.1 Å². The first-order valence-corrected chi connectivity index (χ1v) is 0. The van der Waals surface area contributed by atoms with Crippen LogP contribution < -0.4 is 0 Å². The van der Waals surface area contributed by atoms with Gasteiger partial charge in [0.2, 0.25) is 0 Å². The van der Waals surface area contributed by atoms with Crippen LogP contribution in [0.2, 0.25) is 0 Å². The molecule has 0 saturated heterocycles. The Bertz CT molecular complexity index is 9.61. The summed E-state index contributed by atoms with van der Waals surface area (Å²) < 4.78 is 0. The largest absolute Gasteiger partial charge is 0 e. The molecule has 4 N–H and O–H groups in total. The maximum absolute atomic E-state index is 0. The molecule has 0 aromatic heterocycles. The molecule has 0 aromatic rings. The summed E-state index contributed by atoms with van der Waals surface area (Å²) >= 11 is 0. The van der Waals surface area contributed by atoms with E-state index in [0.29, 0.717) is 0 Å². The minimum Gasteiger partial charge on any atom is 0 e. The van der Waals surface area contributed by atoms with E-state index in [4.69, 9.17) is 0 Å². The molecule has 0 atom stereocenters. The Morgan fingerprint density at radius 1 is 0.800 bits per heavy atom. The normalized spacial score (nSPS) is 0. The summed E-state index contributed by atoms with van der Waals surface area (Å²) in [6.07, 6.45) is 0. The molecule has 0 bridgehead atoms. The first-order chi connectivity index (χ1) is 0. The zero-order valence-electron chi connectivity index (χ0n) is 2.08. The van der Waals surface area contributed by atoms with Gasteiger partial charge in [0, 0.05) is 57.3 Å². The van der Waals surface area contributed by atoms with E-state index in [1.165, 1.54) is 0 Å². The van der Waals surface area contributed by atoms with E-state index in [2.05, 4.69) is 0 Å². The van der Waals surface area contributed by atoms with E-state index in [1.54, 1.807) is 0 Å². The van der Waals surface area contributed by atoms with Crippen LogP contribution in [0, 0.1) is 35.6 Å². The maximum Gasteiger partial charge on any atom is 0 e. The Labute approximate surface area is 85.7 Å². The van der Waals surface area contributed by atoms with Crippen LogP contribution in [0.5, 0.6) is 0 Å². The standard InChI is InChI=1S/La.Li.2H2O.Ti.H/h;;2*1H2;;. The fraction of sp³-hybridized carbons (Fsp3) is 0. The Kier molecular flexibility index (Phi) is 335. The van der Waals surface area contributed by atoms with Gasteiger partial charge in [0.15, 0.2) is 0 Å². The molecule has 0 spiro atoms. The van der Waals surface area contributed by atoms with E-state index < -0.39 is 0 Å². The SMILES string of the molecule is O.O.[La].[LiH].[Ti]. The van der Waals surface area contributed by atoms with Crippen molar-refractivity contribution in [3.63, 3.8) is 0 Å². The molecule has 0 rings (SSSR count). The predicted molar refractivity (Wildman–Crippen MR) is 14.4 cm³/mol. The van der Waals surface area contributed by atoms with Crippen molar-refractivity contribution in [1.29, 1.82) is 0 Å². The molecule has 0 amide bonds. The molecule has 0 fully saturated rings. The van der Waals surface area contributed by atoms with Gasteiger partial charge in [0.25, 0.3) is 0 Å². The minimum atomic E-state index is 0. The van der Waals surface area contributed by atoms with Crippen molar-refractivity contribution in [2.24, 2.45) is 0 Å². The summed E-state index contributed by atoms with van der Waals surface area (Å²) in [4.78, 5) is 0. The van der Waals surface area contributed by atoms with Crippen LogP contribution in [0.4, 0.5) is 0 Å². The van der Waals surface area contributed by atoms with Crippen molar-refractivity contribution in [3.8, 4) is 0 Å². The first kappa shape index (κ1) is 52.1. The topological polar surface area (TPSA) is 63.0 Å². The van der Waals surface area contributed by atoms with Gasteiger partial charge in [-0.05, 0) is 0 Å². The van der Waals surface area contributed by atoms with Gasteiger partial charge in [-0.3, -0.25) is 0 Å². The molecular weight excluding hydrogens is 226 g/mol. The van der Waals surface area contributed by atoms with Gasteiger partial charge in [-0.1, -0.05) is 0 Å². The van der Waals surface area contributed by atoms with Gasteiger partial charge in [0.05, 0.1) is 0 Å². The van der Waals surface area contributed by atoms with Gasteiger partial charge in [-0.15, -0.1) is 0 Å². The van der Waals surface area contributed by atoms with Gasteiger partial charge in [-0.25, -0.2) is 0 Å². The van der Waals surface area contributed by atoms with Gasteiger partial charge >= 0.3 is 18.9 Å². The summed E-state index contributed by atoms with van der Waals surface area (Å²) in [5.74, 6) is 0. The Morgan fingerprint density at radius 2 is 0.800 bits per heavy atom.